The van der Waals surface area contributed by atoms with Crippen molar-refractivity contribution in [3.8, 4) is 11.5 Å². The Kier molecular flexibility index (Phi) is 7.41. The van der Waals surface area contributed by atoms with Crippen LogP contribution in [0.5, 0.6) is 11.5 Å². The van der Waals surface area contributed by atoms with Crippen LogP contribution >= 0.6 is 12.2 Å². The van der Waals surface area contributed by atoms with Crippen molar-refractivity contribution in [2.45, 2.75) is 20.3 Å². The maximum atomic E-state index is 12.2. The highest BCUT2D eigenvalue weighted by atomic mass is 32.1. The van der Waals surface area contributed by atoms with Gasteiger partial charge in [0.05, 0.1) is 13.7 Å². The van der Waals surface area contributed by atoms with Crippen LogP contribution in [0.3, 0.4) is 0 Å². The predicted octanol–water partition coefficient (Wildman–Crippen LogP) is 4.25. The first-order valence-corrected chi connectivity index (χ1v) is 8.88. The first-order chi connectivity index (χ1) is 12.5. The molecule has 0 saturated heterocycles. The predicted molar refractivity (Wildman–Crippen MR) is 108 cm³/mol. The van der Waals surface area contributed by atoms with Crippen molar-refractivity contribution in [1.29, 1.82) is 0 Å². The summed E-state index contributed by atoms with van der Waals surface area (Å²) >= 11 is 5.19. The van der Waals surface area contributed by atoms with Gasteiger partial charge >= 0.3 is 0 Å². The highest BCUT2D eigenvalue weighted by Crippen LogP contribution is 2.16. The van der Waals surface area contributed by atoms with Crippen LogP contribution in [0.4, 0.5) is 5.69 Å². The number of nitrogens with one attached hydrogen (secondary N) is 2. The van der Waals surface area contributed by atoms with Crippen molar-refractivity contribution in [1.82, 2.24) is 5.32 Å². The summed E-state index contributed by atoms with van der Waals surface area (Å²) < 4.78 is 10.8. The molecule has 2 aromatic carbocycles. The van der Waals surface area contributed by atoms with Crippen LogP contribution in [0, 0.1) is 5.92 Å². The monoisotopic (exact) mass is 372 g/mol. The number of thiocarbonyl (C=S) groups is 1. The van der Waals surface area contributed by atoms with Gasteiger partial charge in [0.2, 0.25) is 0 Å². The van der Waals surface area contributed by atoms with Crippen molar-refractivity contribution in [2.24, 2.45) is 5.92 Å². The van der Waals surface area contributed by atoms with E-state index in [1.165, 1.54) is 0 Å². The molecule has 0 bridgehead atoms. The molecule has 0 atom stereocenters. The molecule has 138 valence electrons. The second-order valence-electron chi connectivity index (χ2n) is 6.19. The van der Waals surface area contributed by atoms with Gasteiger partial charge in [-0.2, -0.15) is 0 Å². The fourth-order valence-corrected chi connectivity index (χ4v) is 2.34. The van der Waals surface area contributed by atoms with E-state index in [2.05, 4.69) is 24.5 Å². The van der Waals surface area contributed by atoms with E-state index in [9.17, 15) is 4.79 Å². The lowest BCUT2D eigenvalue weighted by Crippen LogP contribution is -2.34. The average Bonchev–Trinajstić information content (AvgIpc) is 2.63. The number of hydrogen-bond donors (Lipinski definition) is 2. The molecular weight excluding hydrogens is 348 g/mol. The lowest BCUT2D eigenvalue weighted by Gasteiger charge is -2.11. The van der Waals surface area contributed by atoms with E-state index in [4.69, 9.17) is 21.7 Å². The highest BCUT2D eigenvalue weighted by Gasteiger charge is 2.08. The molecule has 0 spiro atoms. The number of carbonyl (C=O) groups is 1. The first kappa shape index (κ1) is 19.7. The third-order valence-corrected chi connectivity index (χ3v) is 3.86. The van der Waals surface area contributed by atoms with Crippen molar-refractivity contribution in [2.75, 3.05) is 19.0 Å². The van der Waals surface area contributed by atoms with Crippen molar-refractivity contribution in [3.63, 3.8) is 0 Å². The Bertz CT molecular complexity index is 728. The molecule has 0 fully saturated rings. The number of rotatable bonds is 7. The lowest BCUT2D eigenvalue weighted by molar-refractivity contribution is 0.0977. The third-order valence-electron chi connectivity index (χ3n) is 3.66. The molecule has 0 heterocycles. The summed E-state index contributed by atoms with van der Waals surface area (Å²) in [5.41, 5.74) is 1.28. The van der Waals surface area contributed by atoms with Crippen LogP contribution in [0.1, 0.15) is 30.6 Å². The van der Waals surface area contributed by atoms with Gasteiger partial charge < -0.3 is 14.8 Å². The Balaban J connectivity index is 1.83. The van der Waals surface area contributed by atoms with Crippen LogP contribution in [0.15, 0.2) is 48.5 Å². The summed E-state index contributed by atoms with van der Waals surface area (Å²) in [6, 6.07) is 14.3. The summed E-state index contributed by atoms with van der Waals surface area (Å²) in [7, 11) is 1.58. The van der Waals surface area contributed by atoms with Gasteiger partial charge in [0, 0.05) is 11.3 Å². The van der Waals surface area contributed by atoms with Gasteiger partial charge in [-0.1, -0.05) is 13.8 Å². The molecule has 6 heteroatoms. The summed E-state index contributed by atoms with van der Waals surface area (Å²) in [5, 5.41) is 5.87. The molecule has 2 N–H and O–H groups in total. The smallest absolute Gasteiger partial charge is 0.257 e. The zero-order chi connectivity index (χ0) is 18.9. The third kappa shape index (κ3) is 6.37. The number of anilines is 1. The summed E-state index contributed by atoms with van der Waals surface area (Å²) in [4.78, 5) is 12.2. The van der Waals surface area contributed by atoms with E-state index in [1.807, 2.05) is 24.3 Å². The second kappa shape index (κ2) is 9.77. The minimum Gasteiger partial charge on any atom is -0.497 e. The first-order valence-electron chi connectivity index (χ1n) is 8.47. The zero-order valence-corrected chi connectivity index (χ0v) is 16.1. The minimum absolute atomic E-state index is 0.235. The molecule has 1 amide bonds. The standard InChI is InChI=1S/C20H24N2O3S/c1-14(2)12-13-25-18-10-6-16(7-11-18)21-20(26)22-19(23)15-4-8-17(24-3)9-5-15/h4-11,14H,12-13H2,1-3H3,(H2,21,22,23,26). The second-order valence-corrected chi connectivity index (χ2v) is 6.60. The van der Waals surface area contributed by atoms with Gasteiger partial charge in [-0.25, -0.2) is 0 Å². The van der Waals surface area contributed by atoms with Gasteiger partial charge in [-0.05, 0) is 73.1 Å². The summed E-state index contributed by atoms with van der Waals surface area (Å²) in [6.07, 6.45) is 1.02. The topological polar surface area (TPSA) is 59.6 Å². The highest BCUT2D eigenvalue weighted by molar-refractivity contribution is 7.80. The van der Waals surface area contributed by atoms with E-state index in [-0.39, 0.29) is 11.0 Å². The maximum Gasteiger partial charge on any atom is 0.257 e. The molecule has 26 heavy (non-hydrogen) atoms. The van der Waals surface area contributed by atoms with Crippen molar-refractivity contribution in [3.05, 3.63) is 54.1 Å². The number of carbonyl (C=O) groups excluding carboxylic acids is 1. The number of methoxy groups -OCH3 is 1. The van der Waals surface area contributed by atoms with Crippen molar-refractivity contribution < 1.29 is 14.3 Å². The van der Waals surface area contributed by atoms with E-state index in [1.54, 1.807) is 31.4 Å². The van der Waals surface area contributed by atoms with Gasteiger partial charge in [0.15, 0.2) is 5.11 Å². The molecule has 2 aromatic rings. The largest absolute Gasteiger partial charge is 0.497 e. The Hall–Kier alpha value is -2.60. The van der Waals surface area contributed by atoms with E-state index < -0.39 is 0 Å². The minimum atomic E-state index is -0.279. The van der Waals surface area contributed by atoms with E-state index in [0.29, 0.717) is 23.8 Å². The lowest BCUT2D eigenvalue weighted by atomic mass is 10.1. The molecule has 0 aliphatic carbocycles. The number of amides is 1. The number of benzene rings is 2. The van der Waals surface area contributed by atoms with Crippen LogP contribution in [-0.2, 0) is 0 Å². The molecule has 0 saturated carbocycles. The molecule has 5 nitrogen and oxygen atoms in total. The van der Waals surface area contributed by atoms with Gasteiger partial charge in [-0.3, -0.25) is 10.1 Å². The molecule has 0 aliphatic heterocycles. The molecule has 0 aromatic heterocycles. The quantitative estimate of drug-likeness (QED) is 0.712. The van der Waals surface area contributed by atoms with E-state index >= 15 is 0 Å². The Morgan fingerprint density at radius 2 is 1.65 bits per heavy atom. The maximum absolute atomic E-state index is 12.2. The number of hydrogen-bond acceptors (Lipinski definition) is 4. The van der Waals surface area contributed by atoms with Gasteiger partial charge in [-0.15, -0.1) is 0 Å². The Labute approximate surface area is 159 Å². The molecule has 0 unspecified atom stereocenters. The Morgan fingerprint density at radius 3 is 2.23 bits per heavy atom. The Morgan fingerprint density at radius 1 is 1.04 bits per heavy atom. The van der Waals surface area contributed by atoms with Crippen LogP contribution < -0.4 is 20.1 Å². The van der Waals surface area contributed by atoms with Crippen LogP contribution in [0.2, 0.25) is 0 Å². The fraction of sp³-hybridized carbons (Fsp3) is 0.300. The fourth-order valence-electron chi connectivity index (χ4n) is 2.13. The molecule has 0 aliphatic rings. The van der Waals surface area contributed by atoms with Crippen LogP contribution in [0.25, 0.3) is 0 Å². The molecule has 2 rings (SSSR count). The van der Waals surface area contributed by atoms with Gasteiger partial charge in [0.1, 0.15) is 11.5 Å². The SMILES string of the molecule is COc1ccc(C(=O)NC(=S)Nc2ccc(OCCC(C)C)cc2)cc1. The normalized spacial score (nSPS) is 10.3. The summed E-state index contributed by atoms with van der Waals surface area (Å²) in [6.45, 7) is 5.02. The van der Waals surface area contributed by atoms with Gasteiger partial charge in [0.25, 0.3) is 5.91 Å². The van der Waals surface area contributed by atoms with E-state index in [0.717, 1.165) is 17.9 Å². The average molecular weight is 372 g/mol. The number of ether oxygens (including phenoxy) is 2. The zero-order valence-electron chi connectivity index (χ0n) is 15.2. The molecule has 0 radical (unpaired) electrons. The molecular formula is C20H24N2O3S. The summed E-state index contributed by atoms with van der Waals surface area (Å²) in [5.74, 6) is 1.84. The van der Waals surface area contributed by atoms with Crippen molar-refractivity contribution >= 4 is 28.9 Å². The van der Waals surface area contributed by atoms with Crippen LogP contribution in [-0.4, -0.2) is 24.7 Å².